The summed E-state index contributed by atoms with van der Waals surface area (Å²) in [6.45, 7) is 0. The number of hydrogen-bond donors (Lipinski definition) is 2. The smallest absolute Gasteiger partial charge is 0.335 e. The molecule has 0 saturated carbocycles. The first-order chi connectivity index (χ1) is 7.10. The van der Waals surface area contributed by atoms with E-state index in [0.717, 1.165) is 11.8 Å². The number of aromatic carboxylic acids is 1. The Morgan fingerprint density at radius 1 is 1.67 bits per heavy atom. The van der Waals surface area contributed by atoms with E-state index in [-0.39, 0.29) is 17.0 Å². The summed E-state index contributed by atoms with van der Waals surface area (Å²) in [4.78, 5) is 11.1. The Morgan fingerprint density at radius 2 is 2.33 bits per heavy atom. The van der Waals surface area contributed by atoms with Crippen LogP contribution in [0, 0.1) is 10.7 Å². The number of hydrogen-bond acceptors (Lipinski definition) is 5. The number of thioether (sulfide) groups is 1. The van der Waals surface area contributed by atoms with Crippen LogP contribution in [0.25, 0.3) is 0 Å². The molecule has 3 N–H and O–H groups in total. The van der Waals surface area contributed by atoms with Crippen molar-refractivity contribution in [1.29, 1.82) is 5.26 Å². The zero-order valence-electron chi connectivity index (χ0n) is 7.85. The van der Waals surface area contributed by atoms with Crippen LogP contribution in [0.2, 0.25) is 0 Å². The van der Waals surface area contributed by atoms with Gasteiger partial charge in [-0.15, -0.1) is 0 Å². The van der Waals surface area contributed by atoms with Crippen LogP contribution in [0.4, 0.5) is 5.69 Å². The zero-order chi connectivity index (χ0) is 11.4. The highest BCUT2D eigenvalue weighted by molar-refractivity contribution is 8.03. The van der Waals surface area contributed by atoms with Crippen LogP contribution >= 0.6 is 11.8 Å². The summed E-state index contributed by atoms with van der Waals surface area (Å²) < 4.78 is 4.91. The Balaban J connectivity index is 3.32. The van der Waals surface area contributed by atoms with Gasteiger partial charge >= 0.3 is 5.97 Å². The van der Waals surface area contributed by atoms with Gasteiger partial charge in [-0.05, 0) is 23.9 Å². The Bertz CT molecular complexity index is 440. The fourth-order valence-electron chi connectivity index (χ4n) is 1.03. The number of anilines is 1. The van der Waals surface area contributed by atoms with Crippen molar-refractivity contribution in [2.24, 2.45) is 0 Å². The third kappa shape index (κ3) is 2.33. The predicted octanol–water partition coefficient (Wildman–Crippen LogP) is 1.55. The highest BCUT2D eigenvalue weighted by Gasteiger charge is 2.12. The van der Waals surface area contributed by atoms with Gasteiger partial charge in [0.2, 0.25) is 0 Å². The number of rotatable bonds is 3. The standard InChI is InChI=1S/C9H8N2O3S/c1-14-6-2-5(9(12)13)3-7(8(6)11)15-4-10/h2-3H,11H2,1H3,(H,12,13). The van der Waals surface area contributed by atoms with E-state index in [4.69, 9.17) is 20.8 Å². The van der Waals surface area contributed by atoms with E-state index in [2.05, 4.69) is 0 Å². The molecule has 78 valence electrons. The lowest BCUT2D eigenvalue weighted by atomic mass is 10.2. The molecule has 1 rings (SSSR count). The van der Waals surface area contributed by atoms with E-state index in [1.807, 2.05) is 5.40 Å². The number of carboxylic acid groups (broad SMARTS) is 1. The highest BCUT2D eigenvalue weighted by Crippen LogP contribution is 2.33. The second-order valence-electron chi connectivity index (χ2n) is 2.59. The molecule has 0 aliphatic carbocycles. The molecule has 0 fully saturated rings. The van der Waals surface area contributed by atoms with Gasteiger partial charge in [0.25, 0.3) is 0 Å². The van der Waals surface area contributed by atoms with Crippen LogP contribution in [0.5, 0.6) is 5.75 Å². The summed E-state index contributed by atoms with van der Waals surface area (Å²) in [5, 5.41) is 19.1. The molecule has 1 aromatic carbocycles. The summed E-state index contributed by atoms with van der Waals surface area (Å²) in [6, 6.07) is 2.66. The Labute approximate surface area is 90.5 Å². The number of ether oxygens (including phenoxy) is 1. The van der Waals surface area contributed by atoms with Crippen molar-refractivity contribution in [2.45, 2.75) is 4.90 Å². The van der Waals surface area contributed by atoms with Gasteiger partial charge in [0.05, 0.1) is 18.4 Å². The van der Waals surface area contributed by atoms with E-state index < -0.39 is 5.97 Å². The van der Waals surface area contributed by atoms with E-state index >= 15 is 0 Å². The Hall–Kier alpha value is -1.87. The van der Waals surface area contributed by atoms with Crippen LogP contribution in [-0.2, 0) is 0 Å². The number of nitrogens with zero attached hydrogens (tertiary/aromatic N) is 1. The first-order valence-corrected chi connectivity index (χ1v) is 4.68. The van der Waals surface area contributed by atoms with Crippen molar-refractivity contribution < 1.29 is 14.6 Å². The number of benzene rings is 1. The van der Waals surface area contributed by atoms with Crippen molar-refractivity contribution >= 4 is 23.4 Å². The number of methoxy groups -OCH3 is 1. The topological polar surface area (TPSA) is 96.3 Å². The van der Waals surface area contributed by atoms with Crippen LogP contribution in [0.15, 0.2) is 17.0 Å². The fourth-order valence-corrected chi connectivity index (χ4v) is 1.52. The molecule has 0 aromatic heterocycles. The summed E-state index contributed by atoms with van der Waals surface area (Å²) in [7, 11) is 1.39. The van der Waals surface area contributed by atoms with Gasteiger partial charge in [0.1, 0.15) is 11.2 Å². The van der Waals surface area contributed by atoms with Gasteiger partial charge in [-0.3, -0.25) is 0 Å². The average molecular weight is 224 g/mol. The molecule has 1 aromatic rings. The molecule has 0 radical (unpaired) electrons. The third-order valence-corrected chi connectivity index (χ3v) is 2.38. The lowest BCUT2D eigenvalue weighted by molar-refractivity contribution is 0.0696. The summed E-state index contributed by atoms with van der Waals surface area (Å²) in [5.41, 5.74) is 5.97. The minimum atomic E-state index is -1.09. The zero-order valence-corrected chi connectivity index (χ0v) is 8.67. The molecule has 0 heterocycles. The molecule has 0 amide bonds. The summed E-state index contributed by atoms with van der Waals surface area (Å²) in [5.74, 6) is -0.833. The lowest BCUT2D eigenvalue weighted by Crippen LogP contribution is -2.01. The van der Waals surface area contributed by atoms with Crippen LogP contribution in [0.1, 0.15) is 10.4 Å². The van der Waals surface area contributed by atoms with Gasteiger partial charge < -0.3 is 15.6 Å². The first-order valence-electron chi connectivity index (χ1n) is 3.87. The van der Waals surface area contributed by atoms with Crippen LogP contribution < -0.4 is 10.5 Å². The molecule has 0 saturated heterocycles. The van der Waals surface area contributed by atoms with Gasteiger partial charge in [-0.25, -0.2) is 4.79 Å². The van der Waals surface area contributed by atoms with E-state index in [0.29, 0.717) is 4.90 Å². The van der Waals surface area contributed by atoms with E-state index in [1.54, 1.807) is 0 Å². The van der Waals surface area contributed by atoms with Gasteiger partial charge in [-0.1, -0.05) is 0 Å². The van der Waals surface area contributed by atoms with Crippen molar-refractivity contribution in [1.82, 2.24) is 0 Å². The van der Waals surface area contributed by atoms with Crippen molar-refractivity contribution in [2.75, 3.05) is 12.8 Å². The second kappa shape index (κ2) is 4.57. The molecule has 0 spiro atoms. The average Bonchev–Trinajstić information content (AvgIpc) is 2.21. The number of carbonyl (C=O) groups is 1. The third-order valence-electron chi connectivity index (χ3n) is 1.73. The molecular weight excluding hydrogens is 216 g/mol. The van der Waals surface area contributed by atoms with Crippen molar-refractivity contribution in [3.05, 3.63) is 17.7 Å². The fraction of sp³-hybridized carbons (Fsp3) is 0.111. The second-order valence-corrected chi connectivity index (χ2v) is 3.42. The minimum absolute atomic E-state index is 0.0406. The van der Waals surface area contributed by atoms with Gasteiger partial charge in [0.15, 0.2) is 0 Å². The largest absolute Gasteiger partial charge is 0.495 e. The molecule has 0 bridgehead atoms. The maximum Gasteiger partial charge on any atom is 0.335 e. The van der Waals surface area contributed by atoms with Crippen molar-refractivity contribution in [3.63, 3.8) is 0 Å². The number of nitriles is 1. The van der Waals surface area contributed by atoms with Crippen molar-refractivity contribution in [3.8, 4) is 11.2 Å². The van der Waals surface area contributed by atoms with Crippen LogP contribution in [0.3, 0.4) is 0 Å². The number of nitrogens with two attached hydrogens (primary N) is 1. The lowest BCUT2D eigenvalue weighted by Gasteiger charge is -2.08. The molecule has 0 unspecified atom stereocenters. The SMILES string of the molecule is COc1cc(C(=O)O)cc(SC#N)c1N. The minimum Gasteiger partial charge on any atom is -0.495 e. The normalized spacial score (nSPS) is 9.33. The molecule has 0 aliphatic rings. The number of thiocyanates is 1. The first kappa shape index (κ1) is 11.2. The quantitative estimate of drug-likeness (QED) is 0.459. The summed E-state index contributed by atoms with van der Waals surface area (Å²) >= 11 is 0.800. The van der Waals surface area contributed by atoms with Crippen LogP contribution in [-0.4, -0.2) is 18.2 Å². The molecule has 15 heavy (non-hydrogen) atoms. The van der Waals surface area contributed by atoms with Gasteiger partial charge in [-0.2, -0.15) is 5.26 Å². The molecule has 0 aliphatic heterocycles. The van der Waals surface area contributed by atoms with Gasteiger partial charge in [0, 0.05) is 4.90 Å². The van der Waals surface area contributed by atoms with E-state index in [9.17, 15) is 4.79 Å². The Kier molecular flexibility index (Phi) is 3.42. The summed E-state index contributed by atoms with van der Waals surface area (Å²) in [6.07, 6.45) is 0. The molecule has 0 atom stereocenters. The maximum atomic E-state index is 10.7. The molecule has 5 nitrogen and oxygen atoms in total. The number of nitrogen functional groups attached to an aromatic ring is 1. The Morgan fingerprint density at radius 3 is 2.80 bits per heavy atom. The monoisotopic (exact) mass is 224 g/mol. The molecular formula is C9H8N2O3S. The highest BCUT2D eigenvalue weighted by atomic mass is 32.2. The number of carboxylic acids is 1. The van der Waals surface area contributed by atoms with E-state index in [1.165, 1.54) is 19.2 Å². The predicted molar refractivity (Wildman–Crippen MR) is 55.8 cm³/mol. The molecule has 6 heteroatoms. The maximum absolute atomic E-state index is 10.7.